The Labute approximate surface area is 240 Å². The van der Waals surface area contributed by atoms with Gasteiger partial charge in [0.2, 0.25) is 0 Å². The highest BCUT2D eigenvalue weighted by Gasteiger charge is 2.48. The molecule has 1 N–H and O–H groups in total. The van der Waals surface area contributed by atoms with Crippen molar-refractivity contribution in [2.75, 3.05) is 31.3 Å². The van der Waals surface area contributed by atoms with Crippen LogP contribution >= 0.6 is 11.3 Å². The Balaban J connectivity index is 1.55. The molecule has 9 nitrogen and oxygen atoms in total. The number of anilines is 1. The van der Waals surface area contributed by atoms with E-state index < -0.39 is 17.7 Å². The first-order chi connectivity index (χ1) is 19.9. The standard InChI is InChI=1S/C31H28N2O7S/c1-4-37-21-10-7-18(15-23(21)38-5-2)27-26(28(34)19-8-11-22-24(16-19)40-13-12-39-22)29(35)30(36)33(27)31-32-20-9-6-17(3)14-25(20)41-31/h6-11,14-16,27,34H,4-5,12-13H2,1-3H3/b28-26+. The molecule has 0 radical (unpaired) electrons. The Morgan fingerprint density at radius 2 is 1.73 bits per heavy atom. The Morgan fingerprint density at radius 1 is 0.976 bits per heavy atom. The fourth-order valence-electron chi connectivity index (χ4n) is 5.05. The Bertz CT molecular complexity index is 1710. The summed E-state index contributed by atoms with van der Waals surface area (Å²) in [5, 5.41) is 12.0. The third-order valence-electron chi connectivity index (χ3n) is 6.88. The van der Waals surface area contributed by atoms with Gasteiger partial charge in [0, 0.05) is 5.56 Å². The van der Waals surface area contributed by atoms with Crippen molar-refractivity contribution in [2.24, 2.45) is 0 Å². The van der Waals surface area contributed by atoms with Crippen LogP contribution in [0.3, 0.4) is 0 Å². The zero-order chi connectivity index (χ0) is 28.7. The fraction of sp³-hybridized carbons (Fsp3) is 0.258. The van der Waals surface area contributed by atoms with Crippen molar-refractivity contribution >= 4 is 44.1 Å². The van der Waals surface area contributed by atoms with Gasteiger partial charge in [-0.05, 0) is 74.4 Å². The highest BCUT2D eigenvalue weighted by atomic mass is 32.1. The number of aromatic nitrogens is 1. The number of aliphatic hydroxyl groups is 1. The van der Waals surface area contributed by atoms with Gasteiger partial charge in [-0.1, -0.05) is 23.5 Å². The minimum absolute atomic E-state index is 0.0614. The summed E-state index contributed by atoms with van der Waals surface area (Å²) in [6, 6.07) is 15.0. The van der Waals surface area contributed by atoms with Crippen molar-refractivity contribution in [3.05, 3.63) is 76.9 Å². The van der Waals surface area contributed by atoms with E-state index in [9.17, 15) is 14.7 Å². The van der Waals surface area contributed by atoms with Crippen LogP contribution in [0.2, 0.25) is 0 Å². The van der Waals surface area contributed by atoms with Crippen molar-refractivity contribution in [3.8, 4) is 23.0 Å². The van der Waals surface area contributed by atoms with Gasteiger partial charge in [-0.15, -0.1) is 0 Å². The van der Waals surface area contributed by atoms with E-state index in [0.717, 1.165) is 10.3 Å². The predicted octanol–water partition coefficient (Wildman–Crippen LogP) is 5.80. The maximum absolute atomic E-state index is 13.7. The Kier molecular flexibility index (Phi) is 7.00. The first kappa shape index (κ1) is 26.6. The number of ether oxygens (including phenoxy) is 4. The second kappa shape index (κ2) is 10.8. The van der Waals surface area contributed by atoms with Crippen molar-refractivity contribution in [2.45, 2.75) is 26.8 Å². The van der Waals surface area contributed by atoms with E-state index in [0.29, 0.717) is 71.2 Å². The molecule has 0 saturated carbocycles. The molecule has 1 aromatic heterocycles. The molecule has 1 fully saturated rings. The first-order valence-electron chi connectivity index (χ1n) is 13.4. The van der Waals surface area contributed by atoms with E-state index in [1.807, 2.05) is 39.0 Å². The number of Topliss-reactive ketones (excluding diaryl/α,β-unsaturated/α-hetero) is 1. The average molecular weight is 573 g/mol. The van der Waals surface area contributed by atoms with Crippen LogP contribution in [0, 0.1) is 6.92 Å². The number of fused-ring (bicyclic) bond motifs is 2. The largest absolute Gasteiger partial charge is 0.507 e. The summed E-state index contributed by atoms with van der Waals surface area (Å²) < 4.78 is 23.8. The number of rotatable bonds is 7. The van der Waals surface area contributed by atoms with Crippen LogP contribution in [0.15, 0.2) is 60.2 Å². The molecule has 3 aromatic carbocycles. The summed E-state index contributed by atoms with van der Waals surface area (Å²) >= 11 is 1.31. The number of hydrogen-bond acceptors (Lipinski definition) is 9. The van der Waals surface area contributed by atoms with E-state index in [-0.39, 0.29) is 11.3 Å². The third kappa shape index (κ3) is 4.74. The number of aliphatic hydroxyl groups excluding tert-OH is 1. The van der Waals surface area contributed by atoms with Gasteiger partial charge in [0.05, 0.1) is 35.0 Å². The number of hydrogen-bond donors (Lipinski definition) is 1. The highest BCUT2D eigenvalue weighted by Crippen LogP contribution is 2.46. The lowest BCUT2D eigenvalue weighted by molar-refractivity contribution is -0.132. The lowest BCUT2D eigenvalue weighted by Crippen LogP contribution is -2.29. The molecule has 1 amide bonds. The molecule has 1 atom stereocenters. The van der Waals surface area contributed by atoms with Crippen molar-refractivity contribution < 1.29 is 33.6 Å². The molecule has 3 heterocycles. The number of amides is 1. The Hall–Kier alpha value is -4.57. The molecule has 0 spiro atoms. The SMILES string of the molecule is CCOc1ccc(C2/C(=C(\O)c3ccc4c(c3)OCCO4)C(=O)C(=O)N2c2nc3ccc(C)cc3s2)cc1OCC. The second-order valence-electron chi connectivity index (χ2n) is 9.57. The summed E-state index contributed by atoms with van der Waals surface area (Å²) in [5.74, 6) is 0.0850. The van der Waals surface area contributed by atoms with Crippen LogP contribution in [0.25, 0.3) is 16.0 Å². The maximum atomic E-state index is 13.7. The molecule has 210 valence electrons. The van der Waals surface area contributed by atoms with Crippen molar-refractivity contribution in [1.82, 2.24) is 4.98 Å². The molecule has 6 rings (SSSR count). The van der Waals surface area contributed by atoms with Gasteiger partial charge in [0.15, 0.2) is 28.1 Å². The lowest BCUT2D eigenvalue weighted by Gasteiger charge is -2.24. The lowest BCUT2D eigenvalue weighted by atomic mass is 9.95. The van der Waals surface area contributed by atoms with Crippen LogP contribution in [0.4, 0.5) is 5.13 Å². The summed E-state index contributed by atoms with van der Waals surface area (Å²) in [7, 11) is 0. The van der Waals surface area contributed by atoms with E-state index in [1.165, 1.54) is 16.2 Å². The highest BCUT2D eigenvalue weighted by molar-refractivity contribution is 7.22. The molecule has 4 aromatic rings. The van der Waals surface area contributed by atoms with Gasteiger partial charge in [0.1, 0.15) is 19.0 Å². The normalized spacial score (nSPS) is 17.7. The van der Waals surface area contributed by atoms with E-state index in [2.05, 4.69) is 0 Å². The molecule has 1 saturated heterocycles. The number of ketones is 1. The Morgan fingerprint density at radius 3 is 2.51 bits per heavy atom. The number of carbonyl (C=O) groups is 2. The number of aryl methyl sites for hydroxylation is 1. The fourth-order valence-corrected chi connectivity index (χ4v) is 6.14. The summed E-state index contributed by atoms with van der Waals surface area (Å²) in [4.78, 5) is 33.4. The van der Waals surface area contributed by atoms with Crippen LogP contribution in [-0.2, 0) is 9.59 Å². The number of thiazole rings is 1. The van der Waals surface area contributed by atoms with E-state index in [4.69, 9.17) is 23.9 Å². The molecule has 1 unspecified atom stereocenters. The summed E-state index contributed by atoms with van der Waals surface area (Å²) in [5.41, 5.74) is 2.59. The zero-order valence-corrected chi connectivity index (χ0v) is 23.6. The van der Waals surface area contributed by atoms with Gasteiger partial charge in [0.25, 0.3) is 5.78 Å². The van der Waals surface area contributed by atoms with Gasteiger partial charge >= 0.3 is 5.91 Å². The summed E-state index contributed by atoms with van der Waals surface area (Å²) in [6.45, 7) is 7.33. The average Bonchev–Trinajstić information content (AvgIpc) is 3.51. The summed E-state index contributed by atoms with van der Waals surface area (Å²) in [6.07, 6.45) is 0. The first-order valence-corrected chi connectivity index (χ1v) is 14.2. The molecular formula is C31H28N2O7S. The molecule has 2 aliphatic heterocycles. The maximum Gasteiger partial charge on any atom is 0.301 e. The van der Waals surface area contributed by atoms with Gasteiger partial charge < -0.3 is 24.1 Å². The van der Waals surface area contributed by atoms with Gasteiger partial charge in [-0.25, -0.2) is 4.98 Å². The monoisotopic (exact) mass is 572 g/mol. The minimum atomic E-state index is -0.972. The molecule has 0 aliphatic carbocycles. The quantitative estimate of drug-likeness (QED) is 0.168. The number of carbonyl (C=O) groups excluding carboxylic acids is 2. The third-order valence-corrected chi connectivity index (χ3v) is 7.90. The molecule has 2 aliphatic rings. The van der Waals surface area contributed by atoms with E-state index in [1.54, 1.807) is 36.4 Å². The van der Waals surface area contributed by atoms with Crippen molar-refractivity contribution in [1.29, 1.82) is 0 Å². The predicted molar refractivity (Wildman–Crippen MR) is 155 cm³/mol. The van der Waals surface area contributed by atoms with Crippen LogP contribution in [0.1, 0.15) is 36.6 Å². The topological polar surface area (TPSA) is 107 Å². The molecule has 10 heteroatoms. The van der Waals surface area contributed by atoms with Gasteiger partial charge in [-0.2, -0.15) is 0 Å². The second-order valence-corrected chi connectivity index (χ2v) is 10.6. The molecule has 0 bridgehead atoms. The van der Waals surface area contributed by atoms with E-state index >= 15 is 0 Å². The minimum Gasteiger partial charge on any atom is -0.507 e. The number of benzene rings is 3. The van der Waals surface area contributed by atoms with Crippen molar-refractivity contribution in [3.63, 3.8) is 0 Å². The number of nitrogens with zero attached hydrogens (tertiary/aromatic N) is 2. The zero-order valence-electron chi connectivity index (χ0n) is 22.8. The van der Waals surface area contributed by atoms with Gasteiger partial charge in [-0.3, -0.25) is 14.5 Å². The van der Waals surface area contributed by atoms with Crippen LogP contribution in [0.5, 0.6) is 23.0 Å². The van der Waals surface area contributed by atoms with Crippen LogP contribution < -0.4 is 23.8 Å². The molecular weight excluding hydrogens is 544 g/mol. The van der Waals surface area contributed by atoms with Crippen LogP contribution in [-0.4, -0.2) is 48.2 Å². The smallest absolute Gasteiger partial charge is 0.301 e. The molecule has 41 heavy (non-hydrogen) atoms.